The van der Waals surface area contributed by atoms with Crippen LogP contribution < -0.4 is 0 Å². The van der Waals surface area contributed by atoms with E-state index in [1.165, 1.54) is 11.3 Å². The summed E-state index contributed by atoms with van der Waals surface area (Å²) in [6, 6.07) is 0. The summed E-state index contributed by atoms with van der Waals surface area (Å²) in [4.78, 5) is 0. The van der Waals surface area contributed by atoms with Gasteiger partial charge in [-0.3, -0.25) is 0 Å². The van der Waals surface area contributed by atoms with Crippen LogP contribution in [-0.2, 0) is 0 Å². The lowest BCUT2D eigenvalue weighted by Crippen LogP contribution is -2.16. The first-order chi connectivity index (χ1) is 5.79. The van der Waals surface area contributed by atoms with Crippen LogP contribution in [-0.4, -0.2) is 37.0 Å². The molecular weight excluding hydrogens is 182 g/mol. The zero-order chi connectivity index (χ0) is 8.55. The molecule has 0 radical (unpaired) electrons. The molecule has 2 rings (SSSR count). The van der Waals surface area contributed by atoms with E-state index in [4.69, 9.17) is 0 Å². The van der Waals surface area contributed by atoms with E-state index in [9.17, 15) is 0 Å². The largest absolute Gasteiger partial charge is 0.106 e. The van der Waals surface area contributed by atoms with Gasteiger partial charge in [0.05, 0.1) is 0 Å². The Morgan fingerprint density at radius 3 is 1.50 bits per heavy atom. The van der Waals surface area contributed by atoms with E-state index >= 15 is 0 Å². The third-order valence-electron chi connectivity index (χ3n) is 3.60. The minimum atomic E-state index is 0.450. The van der Waals surface area contributed by atoms with E-state index in [2.05, 4.69) is 13.3 Å². The minimum Gasteiger partial charge on any atom is -0.106 e. The van der Waals surface area contributed by atoms with Crippen molar-refractivity contribution in [3.05, 3.63) is 0 Å². The van der Waals surface area contributed by atoms with Crippen LogP contribution >= 0.6 is 15.8 Å². The van der Waals surface area contributed by atoms with Crippen LogP contribution in [0.5, 0.6) is 0 Å². The maximum absolute atomic E-state index is 2.55. The Balaban J connectivity index is 1.98. The first-order valence-corrected chi connectivity index (χ1v) is 9.28. The Labute approximate surface area is 79.0 Å². The average molecular weight is 202 g/mol. The molecule has 2 heterocycles. The number of rotatable bonds is 1. The molecule has 12 heavy (non-hydrogen) atoms. The van der Waals surface area contributed by atoms with Gasteiger partial charge < -0.3 is 0 Å². The average Bonchev–Trinajstić information content (AvgIpc) is 2.59. The summed E-state index contributed by atoms with van der Waals surface area (Å²) >= 11 is 0. The highest BCUT2D eigenvalue weighted by Crippen LogP contribution is 2.59. The fourth-order valence-electron chi connectivity index (χ4n) is 2.84. The molecule has 2 heteroatoms. The van der Waals surface area contributed by atoms with E-state index in [0.29, 0.717) is 15.8 Å². The molecule has 2 unspecified atom stereocenters. The maximum Gasteiger partial charge on any atom is -0.0144 e. The fraction of sp³-hybridized carbons (Fsp3) is 1.00. The van der Waals surface area contributed by atoms with E-state index < -0.39 is 0 Å². The van der Waals surface area contributed by atoms with Crippen LogP contribution in [0, 0.1) is 0 Å². The zero-order valence-electron chi connectivity index (χ0n) is 8.29. The summed E-state index contributed by atoms with van der Waals surface area (Å²) in [6.45, 7) is 5.10. The van der Waals surface area contributed by atoms with Crippen molar-refractivity contribution in [3.8, 4) is 0 Å². The van der Waals surface area contributed by atoms with Gasteiger partial charge >= 0.3 is 0 Å². The molecule has 0 saturated carbocycles. The maximum atomic E-state index is 2.55. The second kappa shape index (κ2) is 3.93. The highest BCUT2D eigenvalue weighted by atomic mass is 31.1. The molecule has 0 nitrogen and oxygen atoms in total. The van der Waals surface area contributed by atoms with Crippen LogP contribution in [0.3, 0.4) is 0 Å². The first kappa shape index (κ1) is 9.42. The molecule has 0 aromatic heterocycles. The van der Waals surface area contributed by atoms with Gasteiger partial charge in [-0.25, -0.2) is 0 Å². The minimum absolute atomic E-state index is 0.450. The Hall–Kier alpha value is 0.860. The Morgan fingerprint density at radius 2 is 1.25 bits per heavy atom. The highest BCUT2D eigenvalue weighted by molar-refractivity contribution is 7.62. The van der Waals surface area contributed by atoms with Crippen LogP contribution in [0.2, 0.25) is 0 Å². The quantitative estimate of drug-likeness (QED) is 0.570. The van der Waals surface area contributed by atoms with Gasteiger partial charge in [-0.1, -0.05) is 0 Å². The summed E-state index contributed by atoms with van der Waals surface area (Å²) in [5, 5.41) is 0. The van der Waals surface area contributed by atoms with Crippen molar-refractivity contribution in [2.24, 2.45) is 0 Å². The standard InChI is InChI=1S/C10H20P2/c1-11-7-3-5-9(11)10-6-4-8-12(10)2/h9-10H,3-8H2,1-2H3/t9-,10?,11+,12?/m1/s1. The third-order valence-corrected chi connectivity index (χ3v) is 9.38. The molecule has 2 aliphatic rings. The van der Waals surface area contributed by atoms with Crippen molar-refractivity contribution in [2.75, 3.05) is 25.7 Å². The van der Waals surface area contributed by atoms with Gasteiger partial charge in [0.25, 0.3) is 0 Å². The van der Waals surface area contributed by atoms with E-state index in [1.807, 2.05) is 0 Å². The van der Waals surface area contributed by atoms with E-state index in [1.54, 1.807) is 38.0 Å². The van der Waals surface area contributed by atoms with Gasteiger partial charge in [-0.15, -0.1) is 15.8 Å². The van der Waals surface area contributed by atoms with Crippen molar-refractivity contribution in [1.82, 2.24) is 0 Å². The first-order valence-electron chi connectivity index (χ1n) is 5.19. The van der Waals surface area contributed by atoms with Gasteiger partial charge in [0, 0.05) is 0 Å². The van der Waals surface area contributed by atoms with Crippen molar-refractivity contribution in [1.29, 1.82) is 0 Å². The SMILES string of the molecule is CP1CCCC1[C@H]1CCC[P@]1C. The predicted octanol–water partition coefficient (Wildman–Crippen LogP) is 3.53. The molecule has 2 aliphatic heterocycles. The van der Waals surface area contributed by atoms with Crippen molar-refractivity contribution >= 4 is 15.8 Å². The lowest BCUT2D eigenvalue weighted by atomic mass is 10.1. The van der Waals surface area contributed by atoms with E-state index in [-0.39, 0.29) is 0 Å². The Bertz CT molecular complexity index is 140. The smallest absolute Gasteiger partial charge is 0.0144 e. The van der Waals surface area contributed by atoms with Crippen molar-refractivity contribution in [3.63, 3.8) is 0 Å². The zero-order valence-corrected chi connectivity index (χ0v) is 10.1. The molecule has 0 amide bonds. The molecular formula is C10H20P2. The Morgan fingerprint density at radius 1 is 0.833 bits per heavy atom. The summed E-state index contributed by atoms with van der Waals surface area (Å²) in [5.41, 5.74) is 2.39. The molecule has 0 aromatic rings. The van der Waals surface area contributed by atoms with Crippen LogP contribution in [0.4, 0.5) is 0 Å². The van der Waals surface area contributed by atoms with Gasteiger partial charge in [0.2, 0.25) is 0 Å². The molecule has 0 aromatic carbocycles. The summed E-state index contributed by atoms with van der Waals surface area (Å²) in [5.74, 6) is 0. The molecule has 0 bridgehead atoms. The number of hydrogen-bond donors (Lipinski definition) is 0. The third kappa shape index (κ3) is 1.71. The molecule has 2 fully saturated rings. The van der Waals surface area contributed by atoms with Gasteiger partial charge in [-0.05, 0) is 62.7 Å². The number of hydrogen-bond acceptors (Lipinski definition) is 0. The fourth-order valence-corrected chi connectivity index (χ4v) is 8.96. The van der Waals surface area contributed by atoms with Crippen molar-refractivity contribution < 1.29 is 0 Å². The summed E-state index contributed by atoms with van der Waals surface area (Å²) in [7, 11) is 0.900. The molecule has 0 spiro atoms. The van der Waals surface area contributed by atoms with E-state index in [0.717, 1.165) is 0 Å². The van der Waals surface area contributed by atoms with Gasteiger partial charge in [0.1, 0.15) is 0 Å². The molecule has 0 aliphatic carbocycles. The molecule has 2 saturated heterocycles. The molecule has 70 valence electrons. The van der Waals surface area contributed by atoms with Crippen molar-refractivity contribution in [2.45, 2.75) is 37.0 Å². The van der Waals surface area contributed by atoms with Crippen LogP contribution in [0.1, 0.15) is 25.7 Å². The molecule has 0 N–H and O–H groups in total. The van der Waals surface area contributed by atoms with Crippen LogP contribution in [0.25, 0.3) is 0 Å². The second-order valence-corrected chi connectivity index (χ2v) is 9.63. The lowest BCUT2D eigenvalue weighted by molar-refractivity contribution is 0.696. The van der Waals surface area contributed by atoms with Crippen LogP contribution in [0.15, 0.2) is 0 Å². The molecule has 4 atom stereocenters. The Kier molecular flexibility index (Phi) is 3.09. The predicted molar refractivity (Wildman–Crippen MR) is 61.5 cm³/mol. The highest BCUT2D eigenvalue weighted by Gasteiger charge is 2.35. The lowest BCUT2D eigenvalue weighted by Gasteiger charge is -2.26. The normalized spacial score (nSPS) is 48.5. The van der Waals surface area contributed by atoms with Gasteiger partial charge in [-0.2, -0.15) is 0 Å². The van der Waals surface area contributed by atoms with Gasteiger partial charge in [0.15, 0.2) is 0 Å². The summed E-state index contributed by atoms with van der Waals surface area (Å²) < 4.78 is 0. The topological polar surface area (TPSA) is 0 Å². The monoisotopic (exact) mass is 202 g/mol. The summed E-state index contributed by atoms with van der Waals surface area (Å²) in [6.07, 6.45) is 9.43. The second-order valence-electron chi connectivity index (χ2n) is 4.38.